The Labute approximate surface area is 78.8 Å². The van der Waals surface area contributed by atoms with Crippen molar-refractivity contribution in [3.05, 3.63) is 0 Å². The zero-order chi connectivity index (χ0) is 10.7. The zero-order valence-corrected chi connectivity index (χ0v) is 8.84. The number of hydrogen-bond acceptors (Lipinski definition) is 4. The number of carboxylic acids is 1. The maximum atomic E-state index is 10.5. The number of carbonyl (C=O) groups excluding carboxylic acids is 1. The van der Waals surface area contributed by atoms with Crippen molar-refractivity contribution >= 4 is 5.97 Å². The first-order chi connectivity index (χ1) is 5.71. The van der Waals surface area contributed by atoms with E-state index >= 15 is 0 Å². The summed E-state index contributed by atoms with van der Waals surface area (Å²) in [5.74, 6) is -1.29. The van der Waals surface area contributed by atoms with E-state index < -0.39 is 17.2 Å². The Morgan fingerprint density at radius 2 is 1.69 bits per heavy atom. The molecule has 0 aliphatic carbocycles. The smallest absolute Gasteiger partial charge is 0.137 e. The predicted octanol–water partition coefficient (Wildman–Crippen LogP) is 0.652. The lowest BCUT2D eigenvalue weighted by molar-refractivity contribution is -0.416. The summed E-state index contributed by atoms with van der Waals surface area (Å²) < 4.78 is 0. The molecule has 0 aromatic heterocycles. The molecule has 0 bridgehead atoms. The van der Waals surface area contributed by atoms with E-state index in [1.54, 1.807) is 0 Å². The van der Waals surface area contributed by atoms with E-state index in [0.29, 0.717) is 0 Å². The molecule has 0 unspecified atom stereocenters. The van der Waals surface area contributed by atoms with Gasteiger partial charge in [-0.1, -0.05) is 6.92 Å². The molecule has 0 rings (SSSR count). The van der Waals surface area contributed by atoms with Crippen molar-refractivity contribution < 1.29 is 19.7 Å². The first-order valence-electron chi connectivity index (χ1n) is 4.29. The lowest BCUT2D eigenvalue weighted by Gasteiger charge is -2.30. The fourth-order valence-corrected chi connectivity index (χ4v) is 0.310. The molecule has 0 aromatic rings. The van der Waals surface area contributed by atoms with Crippen LogP contribution in [0.1, 0.15) is 41.0 Å². The van der Waals surface area contributed by atoms with Crippen molar-refractivity contribution in [1.82, 2.24) is 0 Å². The Bertz CT molecular complexity index is 184. The standard InChI is InChI=1S/C9H18O4/c1-6-8(2,3)12-13-9(4,5)7(10)11/h6H2,1-5H3,(H,10,11)/p-1. The van der Waals surface area contributed by atoms with Crippen molar-refractivity contribution in [3.8, 4) is 0 Å². The summed E-state index contributed by atoms with van der Waals surface area (Å²) in [6, 6.07) is 0. The summed E-state index contributed by atoms with van der Waals surface area (Å²) in [6.07, 6.45) is 0.732. The minimum atomic E-state index is -1.41. The van der Waals surface area contributed by atoms with Gasteiger partial charge in [0.15, 0.2) is 0 Å². The average molecular weight is 189 g/mol. The lowest BCUT2D eigenvalue weighted by atomic mass is 10.1. The van der Waals surface area contributed by atoms with Gasteiger partial charge in [0.25, 0.3) is 0 Å². The molecular formula is C9H17O4-. The highest BCUT2D eigenvalue weighted by atomic mass is 17.2. The van der Waals surface area contributed by atoms with E-state index in [1.807, 2.05) is 20.8 Å². The average Bonchev–Trinajstić information content (AvgIpc) is 2.01. The number of carboxylic acid groups (broad SMARTS) is 1. The van der Waals surface area contributed by atoms with Gasteiger partial charge >= 0.3 is 0 Å². The van der Waals surface area contributed by atoms with Crippen LogP contribution in [0.15, 0.2) is 0 Å². The molecule has 13 heavy (non-hydrogen) atoms. The predicted molar refractivity (Wildman–Crippen MR) is 45.6 cm³/mol. The number of hydrogen-bond donors (Lipinski definition) is 0. The number of aliphatic carboxylic acids is 1. The normalized spacial score (nSPS) is 13.0. The Morgan fingerprint density at radius 3 is 2.00 bits per heavy atom. The summed E-state index contributed by atoms with van der Waals surface area (Å²) in [5.41, 5.74) is -1.89. The van der Waals surface area contributed by atoms with Crippen LogP contribution in [0, 0.1) is 0 Å². The fraction of sp³-hybridized carbons (Fsp3) is 0.889. The Morgan fingerprint density at radius 1 is 1.23 bits per heavy atom. The third-order valence-electron chi connectivity index (χ3n) is 1.82. The first kappa shape index (κ1) is 12.4. The van der Waals surface area contributed by atoms with Crippen LogP contribution in [-0.4, -0.2) is 17.2 Å². The molecule has 0 N–H and O–H groups in total. The molecule has 0 aliphatic heterocycles. The number of carbonyl (C=O) groups is 1. The summed E-state index contributed by atoms with van der Waals surface area (Å²) in [4.78, 5) is 20.3. The van der Waals surface area contributed by atoms with Crippen LogP contribution in [0.2, 0.25) is 0 Å². The second-order valence-corrected chi connectivity index (χ2v) is 4.08. The van der Waals surface area contributed by atoms with Gasteiger partial charge in [0.2, 0.25) is 0 Å². The Kier molecular flexibility index (Phi) is 3.88. The van der Waals surface area contributed by atoms with Crippen molar-refractivity contribution in [2.75, 3.05) is 0 Å². The molecule has 4 nitrogen and oxygen atoms in total. The van der Waals surface area contributed by atoms with Gasteiger partial charge in [0, 0.05) is 0 Å². The Hall–Kier alpha value is -0.610. The molecule has 0 saturated carbocycles. The van der Waals surface area contributed by atoms with Gasteiger partial charge in [-0.25, -0.2) is 9.78 Å². The van der Waals surface area contributed by atoms with Crippen LogP contribution in [0.5, 0.6) is 0 Å². The van der Waals surface area contributed by atoms with Gasteiger partial charge in [0.1, 0.15) is 5.60 Å². The van der Waals surface area contributed by atoms with Crippen LogP contribution in [0.3, 0.4) is 0 Å². The van der Waals surface area contributed by atoms with Gasteiger partial charge in [-0.15, -0.1) is 0 Å². The monoisotopic (exact) mass is 189 g/mol. The van der Waals surface area contributed by atoms with E-state index in [-0.39, 0.29) is 0 Å². The summed E-state index contributed by atoms with van der Waals surface area (Å²) >= 11 is 0. The van der Waals surface area contributed by atoms with Gasteiger partial charge in [-0.2, -0.15) is 0 Å². The lowest BCUT2D eigenvalue weighted by Crippen LogP contribution is -2.47. The second kappa shape index (κ2) is 4.07. The van der Waals surface area contributed by atoms with Crippen LogP contribution >= 0.6 is 0 Å². The molecule has 0 heterocycles. The van der Waals surface area contributed by atoms with Crippen molar-refractivity contribution in [1.29, 1.82) is 0 Å². The maximum Gasteiger partial charge on any atom is 0.137 e. The molecule has 0 saturated heterocycles. The van der Waals surface area contributed by atoms with E-state index in [1.165, 1.54) is 13.8 Å². The second-order valence-electron chi connectivity index (χ2n) is 4.08. The van der Waals surface area contributed by atoms with Gasteiger partial charge in [-0.05, 0) is 34.1 Å². The van der Waals surface area contributed by atoms with E-state index in [2.05, 4.69) is 0 Å². The topological polar surface area (TPSA) is 58.6 Å². The van der Waals surface area contributed by atoms with Crippen molar-refractivity contribution in [3.63, 3.8) is 0 Å². The maximum absolute atomic E-state index is 10.5. The third kappa shape index (κ3) is 4.24. The summed E-state index contributed by atoms with van der Waals surface area (Å²) in [5, 5.41) is 10.5. The first-order valence-corrected chi connectivity index (χ1v) is 4.29. The third-order valence-corrected chi connectivity index (χ3v) is 1.82. The minimum absolute atomic E-state index is 0.479. The van der Waals surface area contributed by atoms with Crippen molar-refractivity contribution in [2.24, 2.45) is 0 Å². The molecule has 0 amide bonds. The molecular weight excluding hydrogens is 172 g/mol. The SMILES string of the molecule is CCC(C)(C)OOC(C)(C)C(=O)[O-]. The molecule has 0 atom stereocenters. The van der Waals surface area contributed by atoms with Crippen LogP contribution in [-0.2, 0) is 14.6 Å². The molecule has 0 spiro atoms. The molecule has 0 aromatic carbocycles. The number of rotatable bonds is 5. The zero-order valence-electron chi connectivity index (χ0n) is 8.84. The molecule has 78 valence electrons. The van der Waals surface area contributed by atoms with Gasteiger partial charge in [-0.3, -0.25) is 0 Å². The largest absolute Gasteiger partial charge is 0.547 e. The highest BCUT2D eigenvalue weighted by Gasteiger charge is 2.26. The van der Waals surface area contributed by atoms with E-state index in [0.717, 1.165) is 6.42 Å². The van der Waals surface area contributed by atoms with Crippen molar-refractivity contribution in [2.45, 2.75) is 52.2 Å². The van der Waals surface area contributed by atoms with Gasteiger partial charge in [0.05, 0.1) is 11.6 Å². The molecule has 0 fully saturated rings. The fourth-order valence-electron chi connectivity index (χ4n) is 0.310. The highest BCUT2D eigenvalue weighted by molar-refractivity contribution is 5.73. The van der Waals surface area contributed by atoms with E-state index in [4.69, 9.17) is 9.78 Å². The van der Waals surface area contributed by atoms with E-state index in [9.17, 15) is 9.90 Å². The molecule has 0 radical (unpaired) electrons. The highest BCUT2D eigenvalue weighted by Crippen LogP contribution is 2.18. The quantitative estimate of drug-likeness (QED) is 0.470. The van der Waals surface area contributed by atoms with Crippen LogP contribution in [0.25, 0.3) is 0 Å². The summed E-state index contributed by atoms with van der Waals surface area (Å²) in [6.45, 7) is 8.33. The molecule has 4 heteroatoms. The van der Waals surface area contributed by atoms with Crippen LogP contribution < -0.4 is 5.11 Å². The van der Waals surface area contributed by atoms with Gasteiger partial charge < -0.3 is 9.90 Å². The molecule has 0 aliphatic rings. The van der Waals surface area contributed by atoms with Crippen LogP contribution in [0.4, 0.5) is 0 Å². The summed E-state index contributed by atoms with van der Waals surface area (Å²) in [7, 11) is 0. The Balaban J connectivity index is 4.09. The minimum Gasteiger partial charge on any atom is -0.547 e.